The predicted molar refractivity (Wildman–Crippen MR) is 95.1 cm³/mol. The van der Waals surface area contributed by atoms with Gasteiger partial charge < -0.3 is 14.5 Å². The molecule has 0 radical (unpaired) electrons. The summed E-state index contributed by atoms with van der Waals surface area (Å²) in [5.41, 5.74) is 2.34. The third-order valence-corrected chi connectivity index (χ3v) is 4.36. The second-order valence-corrected chi connectivity index (χ2v) is 6.04. The second-order valence-electron chi connectivity index (χ2n) is 6.04. The zero-order valence-electron chi connectivity index (χ0n) is 14.3. The van der Waals surface area contributed by atoms with Crippen molar-refractivity contribution in [1.29, 1.82) is 0 Å². The molecule has 1 atom stereocenters. The minimum atomic E-state index is -0.215. The van der Waals surface area contributed by atoms with E-state index in [1.54, 1.807) is 13.4 Å². The van der Waals surface area contributed by atoms with Crippen LogP contribution in [0, 0.1) is 5.82 Å². The zero-order valence-corrected chi connectivity index (χ0v) is 14.3. The number of rotatable bonds is 8. The molecule has 0 aliphatic carbocycles. The van der Waals surface area contributed by atoms with Crippen LogP contribution in [0.3, 0.4) is 0 Å². The van der Waals surface area contributed by atoms with Gasteiger partial charge in [0.15, 0.2) is 0 Å². The fourth-order valence-corrected chi connectivity index (χ4v) is 2.97. The van der Waals surface area contributed by atoms with Crippen molar-refractivity contribution >= 4 is 0 Å². The Morgan fingerprint density at radius 1 is 1.04 bits per heavy atom. The van der Waals surface area contributed by atoms with E-state index in [0.717, 1.165) is 36.6 Å². The first-order valence-corrected chi connectivity index (χ1v) is 8.49. The fourth-order valence-electron chi connectivity index (χ4n) is 2.97. The molecule has 0 fully saturated rings. The van der Waals surface area contributed by atoms with Crippen molar-refractivity contribution in [3.8, 4) is 5.75 Å². The summed E-state index contributed by atoms with van der Waals surface area (Å²) >= 11 is 0. The topological polar surface area (TPSA) is 39.0 Å². The van der Waals surface area contributed by atoms with Crippen LogP contribution in [0.15, 0.2) is 71.3 Å². The number of methoxy groups -OCH3 is 1. The number of nitrogens with two attached hydrogens (primary N) is 1. The van der Waals surface area contributed by atoms with Crippen molar-refractivity contribution in [3.63, 3.8) is 0 Å². The van der Waals surface area contributed by atoms with Crippen molar-refractivity contribution in [2.24, 2.45) is 0 Å². The first-order valence-electron chi connectivity index (χ1n) is 8.49. The summed E-state index contributed by atoms with van der Waals surface area (Å²) in [4.78, 5) is 0. The van der Waals surface area contributed by atoms with Crippen molar-refractivity contribution in [3.05, 3.63) is 89.6 Å². The molecule has 130 valence electrons. The van der Waals surface area contributed by atoms with Crippen LogP contribution in [-0.4, -0.2) is 13.7 Å². The smallest absolute Gasteiger partial charge is 0.123 e. The Balaban J connectivity index is 1.58. The van der Waals surface area contributed by atoms with Crippen LogP contribution in [-0.2, 0) is 6.54 Å². The van der Waals surface area contributed by atoms with Crippen LogP contribution in [0.5, 0.6) is 5.75 Å². The SMILES string of the molecule is COc1ccc(C[NH2+]CC[C@@H](c2ccc(F)cc2)c2ccco2)cc1. The van der Waals surface area contributed by atoms with E-state index in [-0.39, 0.29) is 11.7 Å². The molecule has 3 rings (SSSR count). The van der Waals surface area contributed by atoms with Gasteiger partial charge in [0.05, 0.1) is 19.9 Å². The molecule has 1 heterocycles. The Kier molecular flexibility index (Phi) is 5.86. The Hall–Kier alpha value is -2.59. The molecule has 0 saturated heterocycles. The molecular weight excluding hydrogens is 317 g/mol. The highest BCUT2D eigenvalue weighted by Gasteiger charge is 2.17. The van der Waals surface area contributed by atoms with Crippen LogP contribution in [0.2, 0.25) is 0 Å². The number of ether oxygens (including phenoxy) is 1. The first kappa shape index (κ1) is 17.2. The van der Waals surface area contributed by atoms with Crippen LogP contribution in [0.25, 0.3) is 0 Å². The summed E-state index contributed by atoms with van der Waals surface area (Å²) in [6.07, 6.45) is 2.61. The van der Waals surface area contributed by atoms with Gasteiger partial charge in [-0.3, -0.25) is 0 Å². The zero-order chi connectivity index (χ0) is 17.5. The van der Waals surface area contributed by atoms with Gasteiger partial charge in [-0.1, -0.05) is 12.1 Å². The maximum atomic E-state index is 13.2. The second kappa shape index (κ2) is 8.49. The number of hydrogen-bond acceptors (Lipinski definition) is 2. The van der Waals surface area contributed by atoms with Crippen molar-refractivity contribution in [1.82, 2.24) is 0 Å². The third-order valence-electron chi connectivity index (χ3n) is 4.36. The summed E-state index contributed by atoms with van der Waals surface area (Å²) in [7, 11) is 1.67. The lowest BCUT2D eigenvalue weighted by Crippen LogP contribution is -2.82. The Morgan fingerprint density at radius 2 is 1.80 bits per heavy atom. The summed E-state index contributed by atoms with van der Waals surface area (Å²) in [5, 5.41) is 2.28. The van der Waals surface area contributed by atoms with Crippen molar-refractivity contribution in [2.45, 2.75) is 18.9 Å². The summed E-state index contributed by atoms with van der Waals surface area (Å²) in [6.45, 7) is 1.87. The Labute approximate surface area is 147 Å². The summed E-state index contributed by atoms with van der Waals surface area (Å²) < 4.78 is 24.0. The van der Waals surface area contributed by atoms with Gasteiger partial charge in [0.25, 0.3) is 0 Å². The predicted octanol–water partition coefficient (Wildman–Crippen LogP) is 3.71. The highest BCUT2D eigenvalue weighted by atomic mass is 19.1. The van der Waals surface area contributed by atoms with E-state index in [1.807, 2.05) is 36.4 Å². The minimum absolute atomic E-state index is 0.141. The molecule has 4 heteroatoms. The van der Waals surface area contributed by atoms with Crippen LogP contribution >= 0.6 is 0 Å². The van der Waals surface area contributed by atoms with Gasteiger partial charge in [-0.05, 0) is 54.1 Å². The molecule has 0 spiro atoms. The average molecular weight is 340 g/mol. The van der Waals surface area contributed by atoms with E-state index in [0.29, 0.717) is 0 Å². The van der Waals surface area contributed by atoms with E-state index in [4.69, 9.17) is 9.15 Å². The molecule has 1 aromatic heterocycles. The molecule has 0 bridgehead atoms. The fraction of sp³-hybridized carbons (Fsp3) is 0.238. The lowest BCUT2D eigenvalue weighted by Gasteiger charge is -2.14. The molecule has 2 aromatic carbocycles. The maximum absolute atomic E-state index is 13.2. The van der Waals surface area contributed by atoms with E-state index < -0.39 is 0 Å². The standard InChI is InChI=1S/C21H22FNO2/c1-24-19-10-4-16(5-11-19)15-23-13-12-20(21-3-2-14-25-21)17-6-8-18(22)9-7-17/h2-11,14,20,23H,12-13,15H2,1H3/p+1/t20-/m0/s1. The van der Waals surface area contributed by atoms with E-state index in [9.17, 15) is 4.39 Å². The van der Waals surface area contributed by atoms with Gasteiger partial charge in [-0.2, -0.15) is 0 Å². The van der Waals surface area contributed by atoms with Gasteiger partial charge in [0.2, 0.25) is 0 Å². The Morgan fingerprint density at radius 3 is 2.44 bits per heavy atom. The largest absolute Gasteiger partial charge is 0.497 e. The summed E-state index contributed by atoms with van der Waals surface area (Å²) in [6, 6.07) is 18.7. The van der Waals surface area contributed by atoms with Gasteiger partial charge in [0.1, 0.15) is 23.9 Å². The number of quaternary nitrogens is 1. The van der Waals surface area contributed by atoms with E-state index >= 15 is 0 Å². The molecule has 0 aliphatic heterocycles. The molecule has 0 saturated carbocycles. The van der Waals surface area contributed by atoms with Crippen LogP contribution < -0.4 is 10.1 Å². The minimum Gasteiger partial charge on any atom is -0.497 e. The average Bonchev–Trinajstić information content (AvgIpc) is 3.18. The monoisotopic (exact) mass is 340 g/mol. The van der Waals surface area contributed by atoms with Crippen LogP contribution in [0.4, 0.5) is 4.39 Å². The van der Waals surface area contributed by atoms with Crippen molar-refractivity contribution < 1.29 is 18.9 Å². The molecule has 25 heavy (non-hydrogen) atoms. The van der Waals surface area contributed by atoms with Gasteiger partial charge in [-0.15, -0.1) is 0 Å². The molecular formula is C21H23FNO2+. The van der Waals surface area contributed by atoms with Crippen LogP contribution in [0.1, 0.15) is 29.2 Å². The molecule has 3 aromatic rings. The van der Waals surface area contributed by atoms with Crippen molar-refractivity contribution in [2.75, 3.05) is 13.7 Å². The first-order chi connectivity index (χ1) is 12.3. The highest BCUT2D eigenvalue weighted by molar-refractivity contribution is 5.28. The quantitative estimate of drug-likeness (QED) is 0.635. The number of halogens is 1. The number of hydrogen-bond donors (Lipinski definition) is 1. The maximum Gasteiger partial charge on any atom is 0.123 e. The molecule has 0 unspecified atom stereocenters. The number of benzene rings is 2. The Bertz CT molecular complexity index is 752. The highest BCUT2D eigenvalue weighted by Crippen LogP contribution is 2.27. The van der Waals surface area contributed by atoms with E-state index in [2.05, 4.69) is 17.4 Å². The molecule has 0 amide bonds. The lowest BCUT2D eigenvalue weighted by atomic mass is 9.93. The lowest BCUT2D eigenvalue weighted by molar-refractivity contribution is -0.671. The molecule has 3 nitrogen and oxygen atoms in total. The molecule has 0 aliphatic rings. The molecule has 2 N–H and O–H groups in total. The normalized spacial score (nSPS) is 12.1. The van der Waals surface area contributed by atoms with E-state index in [1.165, 1.54) is 17.7 Å². The van der Waals surface area contributed by atoms with Gasteiger partial charge in [0, 0.05) is 17.9 Å². The van der Waals surface area contributed by atoms with Gasteiger partial charge >= 0.3 is 0 Å². The number of furan rings is 1. The summed E-state index contributed by atoms with van der Waals surface area (Å²) in [5.74, 6) is 1.72. The van der Waals surface area contributed by atoms with Gasteiger partial charge in [-0.25, -0.2) is 4.39 Å². The third kappa shape index (κ3) is 4.70.